The maximum atomic E-state index is 3.60. The number of hydrogen-bond acceptors (Lipinski definition) is 2. The van der Waals surface area contributed by atoms with Crippen LogP contribution >= 0.6 is 11.3 Å². The number of nitrogens with one attached hydrogen (secondary N) is 1. The van der Waals surface area contributed by atoms with Crippen molar-refractivity contribution in [1.29, 1.82) is 0 Å². The predicted molar refractivity (Wildman–Crippen MR) is 67.7 cm³/mol. The lowest BCUT2D eigenvalue weighted by Gasteiger charge is -2.45. The third kappa shape index (κ3) is 1.98. The summed E-state index contributed by atoms with van der Waals surface area (Å²) in [7, 11) is 0. The Morgan fingerprint density at radius 3 is 2.80 bits per heavy atom. The molecular formula is C13H21NS. The highest BCUT2D eigenvalue weighted by molar-refractivity contribution is 7.10. The van der Waals surface area contributed by atoms with Crippen LogP contribution in [0.4, 0.5) is 0 Å². The predicted octanol–water partition coefficient (Wildman–Crippen LogP) is 3.55. The normalized spacial score (nSPS) is 30.2. The number of hydrogen-bond donors (Lipinski definition) is 1. The van der Waals surface area contributed by atoms with E-state index in [1.54, 1.807) is 4.88 Å². The van der Waals surface area contributed by atoms with Crippen molar-refractivity contribution in [2.45, 2.75) is 45.6 Å². The molecule has 1 aliphatic carbocycles. The van der Waals surface area contributed by atoms with Gasteiger partial charge in [-0.1, -0.05) is 20.3 Å². The van der Waals surface area contributed by atoms with Crippen molar-refractivity contribution in [2.75, 3.05) is 6.54 Å². The molecule has 0 spiro atoms. The third-order valence-electron chi connectivity index (χ3n) is 3.72. The first-order valence-corrected chi connectivity index (χ1v) is 6.93. The Bertz CT molecular complexity index is 318. The average molecular weight is 223 g/mol. The quantitative estimate of drug-likeness (QED) is 0.823. The van der Waals surface area contributed by atoms with Gasteiger partial charge in [0.2, 0.25) is 0 Å². The molecule has 1 aromatic heterocycles. The van der Waals surface area contributed by atoms with Crippen molar-refractivity contribution in [3.05, 3.63) is 21.9 Å². The van der Waals surface area contributed by atoms with Crippen molar-refractivity contribution in [2.24, 2.45) is 5.92 Å². The molecule has 2 rings (SSSR count). The number of thiophene rings is 1. The largest absolute Gasteiger partial charge is 0.314 e. The van der Waals surface area contributed by atoms with Crippen molar-refractivity contribution in [3.8, 4) is 0 Å². The van der Waals surface area contributed by atoms with Gasteiger partial charge in [0.1, 0.15) is 0 Å². The molecule has 3 unspecified atom stereocenters. The summed E-state index contributed by atoms with van der Waals surface area (Å²) < 4.78 is 0. The summed E-state index contributed by atoms with van der Waals surface area (Å²) in [6.45, 7) is 7.89. The topological polar surface area (TPSA) is 12.0 Å². The van der Waals surface area contributed by atoms with Crippen molar-refractivity contribution in [3.63, 3.8) is 0 Å². The molecule has 0 bridgehead atoms. The average Bonchev–Trinajstić information content (AvgIpc) is 2.59. The van der Waals surface area contributed by atoms with E-state index in [0.717, 1.165) is 24.4 Å². The standard InChI is InChI=1S/C13H21NS/c1-4-10-11(8-12(10)14-5-2)13-9(3)6-7-15-13/h6-7,10-12,14H,4-5,8H2,1-3H3. The minimum absolute atomic E-state index is 0.770. The summed E-state index contributed by atoms with van der Waals surface area (Å²) in [5, 5.41) is 5.83. The van der Waals surface area contributed by atoms with Crippen LogP contribution in [0, 0.1) is 12.8 Å². The molecule has 2 heteroatoms. The summed E-state index contributed by atoms with van der Waals surface area (Å²) in [5.74, 6) is 1.70. The van der Waals surface area contributed by atoms with Gasteiger partial charge >= 0.3 is 0 Å². The molecule has 1 fully saturated rings. The molecule has 1 saturated carbocycles. The molecule has 0 aromatic carbocycles. The highest BCUT2D eigenvalue weighted by atomic mass is 32.1. The molecule has 0 saturated heterocycles. The minimum Gasteiger partial charge on any atom is -0.314 e. The maximum absolute atomic E-state index is 3.60. The van der Waals surface area contributed by atoms with Crippen LogP contribution in [-0.4, -0.2) is 12.6 Å². The zero-order chi connectivity index (χ0) is 10.8. The van der Waals surface area contributed by atoms with Crippen molar-refractivity contribution < 1.29 is 0 Å². The lowest BCUT2D eigenvalue weighted by molar-refractivity contribution is 0.165. The van der Waals surface area contributed by atoms with E-state index >= 15 is 0 Å². The molecule has 0 aliphatic heterocycles. The van der Waals surface area contributed by atoms with Gasteiger partial charge in [0.25, 0.3) is 0 Å². The molecule has 0 amide bonds. The molecular weight excluding hydrogens is 202 g/mol. The van der Waals surface area contributed by atoms with Gasteiger partial charge in [0.15, 0.2) is 0 Å². The first-order valence-electron chi connectivity index (χ1n) is 6.05. The Hall–Kier alpha value is -0.340. The van der Waals surface area contributed by atoms with E-state index in [1.165, 1.54) is 18.4 Å². The zero-order valence-corrected chi connectivity index (χ0v) is 10.7. The summed E-state index contributed by atoms with van der Waals surface area (Å²) in [6.07, 6.45) is 2.65. The van der Waals surface area contributed by atoms with Gasteiger partial charge in [-0.3, -0.25) is 0 Å². The van der Waals surface area contributed by atoms with Gasteiger partial charge < -0.3 is 5.32 Å². The summed E-state index contributed by atoms with van der Waals surface area (Å²) >= 11 is 1.94. The zero-order valence-electron chi connectivity index (χ0n) is 9.92. The van der Waals surface area contributed by atoms with Gasteiger partial charge in [-0.25, -0.2) is 0 Å². The van der Waals surface area contributed by atoms with Gasteiger partial charge in [-0.05, 0) is 48.7 Å². The number of rotatable bonds is 4. The summed E-state index contributed by atoms with van der Waals surface area (Å²) in [4.78, 5) is 1.64. The summed E-state index contributed by atoms with van der Waals surface area (Å²) in [5.41, 5.74) is 1.50. The molecule has 1 nitrogen and oxygen atoms in total. The van der Waals surface area contributed by atoms with Gasteiger partial charge in [-0.15, -0.1) is 11.3 Å². The fourth-order valence-corrected chi connectivity index (χ4v) is 3.96. The molecule has 3 atom stereocenters. The van der Waals surface area contributed by atoms with E-state index in [2.05, 4.69) is 37.5 Å². The van der Waals surface area contributed by atoms with Crippen LogP contribution in [-0.2, 0) is 0 Å². The highest BCUT2D eigenvalue weighted by Crippen LogP contribution is 2.47. The highest BCUT2D eigenvalue weighted by Gasteiger charge is 2.40. The Balaban J connectivity index is 2.05. The fourth-order valence-electron chi connectivity index (χ4n) is 2.84. The van der Waals surface area contributed by atoms with E-state index in [9.17, 15) is 0 Å². The lowest BCUT2D eigenvalue weighted by Crippen LogP contribution is -2.48. The van der Waals surface area contributed by atoms with E-state index in [1.807, 2.05) is 11.3 Å². The number of aryl methyl sites for hydroxylation is 1. The first kappa shape index (κ1) is 11.2. The fraction of sp³-hybridized carbons (Fsp3) is 0.692. The maximum Gasteiger partial charge on any atom is 0.0109 e. The first-order chi connectivity index (χ1) is 7.27. The van der Waals surface area contributed by atoms with Crippen molar-refractivity contribution >= 4 is 11.3 Å². The second-order valence-corrected chi connectivity index (χ2v) is 5.49. The van der Waals surface area contributed by atoms with Gasteiger partial charge in [-0.2, -0.15) is 0 Å². The van der Waals surface area contributed by atoms with E-state index < -0.39 is 0 Å². The molecule has 1 N–H and O–H groups in total. The van der Waals surface area contributed by atoms with Crippen LogP contribution in [0.15, 0.2) is 11.4 Å². The Morgan fingerprint density at radius 2 is 2.27 bits per heavy atom. The molecule has 84 valence electrons. The molecule has 1 aliphatic rings. The van der Waals surface area contributed by atoms with E-state index in [4.69, 9.17) is 0 Å². The SMILES string of the molecule is CCNC1CC(c2sccc2C)C1CC. The van der Waals surface area contributed by atoms with Gasteiger partial charge in [0.05, 0.1) is 0 Å². The van der Waals surface area contributed by atoms with Crippen LogP contribution in [0.3, 0.4) is 0 Å². The van der Waals surface area contributed by atoms with Crippen LogP contribution < -0.4 is 5.32 Å². The molecule has 0 radical (unpaired) electrons. The Kier molecular flexibility index (Phi) is 3.47. The monoisotopic (exact) mass is 223 g/mol. The lowest BCUT2D eigenvalue weighted by atomic mass is 9.66. The smallest absolute Gasteiger partial charge is 0.0109 e. The van der Waals surface area contributed by atoms with E-state index in [-0.39, 0.29) is 0 Å². The van der Waals surface area contributed by atoms with Crippen LogP contribution in [0.2, 0.25) is 0 Å². The van der Waals surface area contributed by atoms with Crippen LogP contribution in [0.5, 0.6) is 0 Å². The van der Waals surface area contributed by atoms with Gasteiger partial charge in [0, 0.05) is 10.9 Å². The van der Waals surface area contributed by atoms with E-state index in [0.29, 0.717) is 0 Å². The molecule has 15 heavy (non-hydrogen) atoms. The third-order valence-corrected chi connectivity index (χ3v) is 4.87. The van der Waals surface area contributed by atoms with Crippen LogP contribution in [0.1, 0.15) is 43.0 Å². The van der Waals surface area contributed by atoms with Crippen LogP contribution in [0.25, 0.3) is 0 Å². The second kappa shape index (κ2) is 4.67. The molecule has 1 heterocycles. The van der Waals surface area contributed by atoms with Crippen molar-refractivity contribution in [1.82, 2.24) is 5.32 Å². The Morgan fingerprint density at radius 1 is 1.47 bits per heavy atom. The second-order valence-electron chi connectivity index (χ2n) is 4.55. The summed E-state index contributed by atoms with van der Waals surface area (Å²) in [6, 6.07) is 3.03. The minimum atomic E-state index is 0.770. The molecule has 1 aromatic rings. The Labute approximate surface area is 96.9 Å².